The number of rotatable bonds is 29. The molecule has 3 fully saturated rings. The summed E-state index contributed by atoms with van der Waals surface area (Å²) in [6.07, 6.45) is 32.0. The zero-order valence-corrected chi connectivity index (χ0v) is 39.0. The number of aliphatic hydroxyl groups is 1. The molecule has 6 unspecified atom stereocenters. The van der Waals surface area contributed by atoms with Crippen LogP contribution in [-0.4, -0.2) is 50.4 Å². The van der Waals surface area contributed by atoms with Crippen LogP contribution in [0, 0.1) is 46.3 Å². The minimum absolute atomic E-state index is 0.0691. The zero-order chi connectivity index (χ0) is 42.4. The second-order valence-electron chi connectivity index (χ2n) is 20.8. The van der Waals surface area contributed by atoms with Crippen molar-refractivity contribution in [1.82, 2.24) is 0 Å². The summed E-state index contributed by atoms with van der Waals surface area (Å²) >= 11 is 0. The van der Waals surface area contributed by atoms with E-state index in [0.29, 0.717) is 30.1 Å². The van der Waals surface area contributed by atoms with Crippen molar-refractivity contribution in [3.63, 3.8) is 0 Å². The van der Waals surface area contributed by atoms with Gasteiger partial charge >= 0.3 is 13.8 Å². The maximum absolute atomic E-state index is 13.0. The van der Waals surface area contributed by atoms with Crippen molar-refractivity contribution < 1.29 is 38.6 Å². The standard InChI is InChI=1S/C49H89O8P/c1-7-8-9-10-11-12-13-14-15-16-17-18-19-20-21-22-32-49(46(51)52,57-58(53,54)55)45(36-50)56-40-30-33-47(5)39(35-40)26-27-41-43-29-28-42(38(4)25-23-24-37(2)3)48(43,6)34-31-44(41)47/h26,37-38,40-45,50H,7-25,27-36H2,1-6H3,(H,51,52)(H2,53,54,55)/t38-,40?,41?,42-,43?,44?,45?,47+,48-,49?/m1/s1. The lowest BCUT2D eigenvalue weighted by atomic mass is 9.47. The Bertz CT molecular complexity index is 1300. The number of aliphatic hydroxyl groups excluding tert-OH is 1. The molecule has 4 N–H and O–H groups in total. The summed E-state index contributed by atoms with van der Waals surface area (Å²) in [7, 11) is -5.22. The predicted octanol–water partition coefficient (Wildman–Crippen LogP) is 13.4. The van der Waals surface area contributed by atoms with E-state index >= 15 is 0 Å². The number of carboxylic acids is 1. The Morgan fingerprint density at radius 1 is 0.810 bits per heavy atom. The molecule has 0 aromatic carbocycles. The summed E-state index contributed by atoms with van der Waals surface area (Å²) in [5.74, 6) is 2.95. The van der Waals surface area contributed by atoms with E-state index < -0.39 is 32.1 Å². The molecule has 338 valence electrons. The smallest absolute Gasteiger partial charge is 0.470 e. The van der Waals surface area contributed by atoms with Gasteiger partial charge < -0.3 is 24.7 Å². The predicted molar refractivity (Wildman–Crippen MR) is 236 cm³/mol. The zero-order valence-electron chi connectivity index (χ0n) is 38.1. The average Bonchev–Trinajstić information content (AvgIpc) is 3.53. The first-order chi connectivity index (χ1) is 27.6. The largest absolute Gasteiger partial charge is 0.479 e. The van der Waals surface area contributed by atoms with Crippen molar-refractivity contribution in [2.75, 3.05) is 6.61 Å². The maximum Gasteiger partial charge on any atom is 0.470 e. The first-order valence-corrected chi connectivity index (χ1v) is 26.1. The second kappa shape index (κ2) is 23.6. The Balaban J connectivity index is 1.29. The summed E-state index contributed by atoms with van der Waals surface area (Å²) < 4.78 is 23.9. The number of allylic oxidation sites excluding steroid dienone is 1. The number of carboxylic acid groups (broad SMARTS) is 1. The Morgan fingerprint density at radius 2 is 1.40 bits per heavy atom. The van der Waals surface area contributed by atoms with Crippen LogP contribution in [-0.2, 0) is 18.6 Å². The molecule has 10 atom stereocenters. The fourth-order valence-electron chi connectivity index (χ4n) is 13.0. The highest BCUT2D eigenvalue weighted by molar-refractivity contribution is 7.46. The number of hydrogen-bond acceptors (Lipinski definition) is 5. The van der Waals surface area contributed by atoms with E-state index in [9.17, 15) is 29.4 Å². The molecule has 8 nitrogen and oxygen atoms in total. The van der Waals surface area contributed by atoms with Gasteiger partial charge in [0.1, 0.15) is 6.10 Å². The SMILES string of the molecule is CCCCCCCCCCCCCCCCCCC(OP(=O)(O)O)(C(=O)O)C(CO)OC1CC[C@@]2(C)C(=CCC3C2CC[C@@]2(C)C3CC[C@@H]2[C@H](C)CCCC(C)C)C1. The summed E-state index contributed by atoms with van der Waals surface area (Å²) in [6, 6.07) is 0. The van der Waals surface area contributed by atoms with E-state index in [-0.39, 0.29) is 17.9 Å². The molecule has 0 aliphatic heterocycles. The number of hydrogen-bond donors (Lipinski definition) is 4. The lowest BCUT2D eigenvalue weighted by molar-refractivity contribution is -0.190. The number of ether oxygens (including phenoxy) is 1. The van der Waals surface area contributed by atoms with Gasteiger partial charge in [-0.25, -0.2) is 9.36 Å². The van der Waals surface area contributed by atoms with Gasteiger partial charge in [-0.15, -0.1) is 0 Å². The van der Waals surface area contributed by atoms with E-state index in [2.05, 4.69) is 47.6 Å². The lowest BCUT2D eigenvalue weighted by Gasteiger charge is -2.58. The van der Waals surface area contributed by atoms with Crippen LogP contribution in [0.3, 0.4) is 0 Å². The monoisotopic (exact) mass is 837 g/mol. The molecule has 4 rings (SSSR count). The van der Waals surface area contributed by atoms with Crippen molar-refractivity contribution in [2.24, 2.45) is 46.3 Å². The van der Waals surface area contributed by atoms with Crippen molar-refractivity contribution in [1.29, 1.82) is 0 Å². The number of carbonyl (C=O) groups is 1. The fraction of sp³-hybridized carbons (Fsp3) is 0.939. The van der Waals surface area contributed by atoms with E-state index in [1.807, 2.05) is 0 Å². The molecule has 9 heteroatoms. The quantitative estimate of drug-likeness (QED) is 0.0332. The molecule has 0 bridgehead atoms. The number of aliphatic carboxylic acids is 1. The van der Waals surface area contributed by atoms with Gasteiger partial charge in [0.05, 0.1) is 12.7 Å². The Kier molecular flexibility index (Phi) is 20.3. The van der Waals surface area contributed by atoms with Gasteiger partial charge in [-0.3, -0.25) is 4.52 Å². The topological polar surface area (TPSA) is 134 Å². The Labute approximate surface area is 355 Å². The Morgan fingerprint density at radius 3 is 1.93 bits per heavy atom. The van der Waals surface area contributed by atoms with Crippen LogP contribution in [0.15, 0.2) is 11.6 Å². The number of phosphoric ester groups is 1. The number of unbranched alkanes of at least 4 members (excludes halogenated alkanes) is 15. The average molecular weight is 837 g/mol. The minimum atomic E-state index is -5.22. The van der Waals surface area contributed by atoms with Crippen LogP contribution < -0.4 is 0 Å². The van der Waals surface area contributed by atoms with Gasteiger partial charge in [0, 0.05) is 0 Å². The van der Waals surface area contributed by atoms with E-state index in [4.69, 9.17) is 9.26 Å². The molecule has 4 aliphatic rings. The number of phosphoric acid groups is 1. The fourth-order valence-corrected chi connectivity index (χ4v) is 13.7. The minimum Gasteiger partial charge on any atom is -0.479 e. The first-order valence-electron chi connectivity index (χ1n) is 24.6. The van der Waals surface area contributed by atoms with E-state index in [1.54, 1.807) is 0 Å². The molecule has 0 saturated heterocycles. The van der Waals surface area contributed by atoms with Crippen LogP contribution in [0.1, 0.15) is 221 Å². The molecule has 0 amide bonds. The second-order valence-corrected chi connectivity index (χ2v) is 22.0. The van der Waals surface area contributed by atoms with Crippen LogP contribution in [0.25, 0.3) is 0 Å². The van der Waals surface area contributed by atoms with Crippen LogP contribution in [0.4, 0.5) is 0 Å². The molecule has 58 heavy (non-hydrogen) atoms. The van der Waals surface area contributed by atoms with Gasteiger partial charge in [0.2, 0.25) is 5.60 Å². The van der Waals surface area contributed by atoms with Gasteiger partial charge in [-0.05, 0) is 111 Å². The van der Waals surface area contributed by atoms with E-state index in [0.717, 1.165) is 68.6 Å². The third kappa shape index (κ3) is 13.4. The molecule has 0 aromatic rings. The van der Waals surface area contributed by atoms with Crippen molar-refractivity contribution >= 4 is 13.8 Å². The molecule has 0 radical (unpaired) electrons. The van der Waals surface area contributed by atoms with Crippen LogP contribution in [0.5, 0.6) is 0 Å². The highest BCUT2D eigenvalue weighted by Gasteiger charge is 2.60. The van der Waals surface area contributed by atoms with Crippen LogP contribution >= 0.6 is 7.82 Å². The number of fused-ring (bicyclic) bond motifs is 5. The molecular weight excluding hydrogens is 748 g/mol. The summed E-state index contributed by atoms with van der Waals surface area (Å²) in [6.45, 7) is 13.8. The third-order valence-electron chi connectivity index (χ3n) is 16.3. The van der Waals surface area contributed by atoms with Gasteiger partial charge in [0.15, 0.2) is 0 Å². The summed E-state index contributed by atoms with van der Waals surface area (Å²) in [5, 5.41) is 21.2. The highest BCUT2D eigenvalue weighted by atomic mass is 31.2. The molecular formula is C49H89O8P. The van der Waals surface area contributed by atoms with E-state index in [1.165, 1.54) is 121 Å². The summed E-state index contributed by atoms with van der Waals surface area (Å²) in [4.78, 5) is 32.9. The molecule has 0 aromatic heterocycles. The molecule has 0 spiro atoms. The maximum atomic E-state index is 13.0. The molecule has 4 aliphatic carbocycles. The van der Waals surface area contributed by atoms with Gasteiger partial charge in [-0.2, -0.15) is 0 Å². The van der Waals surface area contributed by atoms with Crippen LogP contribution in [0.2, 0.25) is 0 Å². The van der Waals surface area contributed by atoms with Gasteiger partial charge in [0.25, 0.3) is 0 Å². The first kappa shape index (κ1) is 49.9. The third-order valence-corrected chi connectivity index (χ3v) is 16.9. The summed E-state index contributed by atoms with van der Waals surface area (Å²) in [5.41, 5.74) is -0.466. The van der Waals surface area contributed by atoms with Crippen molar-refractivity contribution in [3.8, 4) is 0 Å². The molecule has 0 heterocycles. The highest BCUT2D eigenvalue weighted by Crippen LogP contribution is 2.67. The normalized spacial score (nSPS) is 30.6. The van der Waals surface area contributed by atoms with Gasteiger partial charge in [-0.1, -0.05) is 169 Å². The van der Waals surface area contributed by atoms with Crippen molar-refractivity contribution in [2.45, 2.75) is 239 Å². The van der Waals surface area contributed by atoms with Crippen molar-refractivity contribution in [3.05, 3.63) is 11.6 Å². The lowest BCUT2D eigenvalue weighted by Crippen LogP contribution is -2.56. The molecule has 3 saturated carbocycles. The Hall–Kier alpha value is -0.760.